The molecular weight excluding hydrogens is 425 g/mol. The molecule has 2 aromatic carbocycles. The van der Waals surface area contributed by atoms with Gasteiger partial charge in [0, 0.05) is 36.7 Å². The third kappa shape index (κ3) is 3.36. The van der Waals surface area contributed by atoms with Crippen molar-refractivity contribution in [1.29, 1.82) is 5.26 Å². The zero-order valence-electron chi connectivity index (χ0n) is 17.6. The van der Waals surface area contributed by atoms with Gasteiger partial charge in [-0.15, -0.1) is 0 Å². The van der Waals surface area contributed by atoms with E-state index in [2.05, 4.69) is 10.4 Å². The topological polar surface area (TPSA) is 108 Å². The molecule has 164 valence electrons. The third-order valence-corrected chi connectivity index (χ3v) is 6.13. The molecule has 1 fully saturated rings. The van der Waals surface area contributed by atoms with Crippen LogP contribution in [0.2, 0.25) is 0 Å². The number of hydrogen-bond acceptors (Lipinski definition) is 5. The summed E-state index contributed by atoms with van der Waals surface area (Å²) in [5, 5.41) is 15.8. The van der Waals surface area contributed by atoms with E-state index in [1.165, 1.54) is 17.0 Å². The number of carbonyl (C=O) groups excluding carboxylic acids is 3. The number of carbonyl (C=O) groups is 3. The van der Waals surface area contributed by atoms with E-state index in [1.54, 1.807) is 36.1 Å². The van der Waals surface area contributed by atoms with Crippen LogP contribution in [0.15, 0.2) is 42.6 Å². The minimum atomic E-state index is -0.677. The van der Waals surface area contributed by atoms with Crippen LogP contribution in [0.5, 0.6) is 0 Å². The van der Waals surface area contributed by atoms with Gasteiger partial charge in [0.15, 0.2) is 0 Å². The molecule has 5 rings (SSSR count). The van der Waals surface area contributed by atoms with Crippen LogP contribution in [0.1, 0.15) is 34.3 Å². The van der Waals surface area contributed by atoms with Crippen LogP contribution >= 0.6 is 0 Å². The van der Waals surface area contributed by atoms with Gasteiger partial charge in [0.05, 0.1) is 17.5 Å². The smallest absolute Gasteiger partial charge is 0.255 e. The van der Waals surface area contributed by atoms with E-state index in [0.717, 1.165) is 16.7 Å². The molecule has 8 nitrogen and oxygen atoms in total. The van der Waals surface area contributed by atoms with E-state index < -0.39 is 17.8 Å². The molecule has 3 heterocycles. The molecule has 0 radical (unpaired) electrons. The number of nitriles is 1. The summed E-state index contributed by atoms with van der Waals surface area (Å²) in [7, 11) is 1.76. The maximum Gasteiger partial charge on any atom is 0.255 e. The van der Waals surface area contributed by atoms with Crippen LogP contribution in [0, 0.1) is 17.1 Å². The average molecular weight is 443 g/mol. The molecule has 1 saturated heterocycles. The highest BCUT2D eigenvalue weighted by Crippen LogP contribution is 2.36. The average Bonchev–Trinajstić information content (AvgIpc) is 3.34. The number of aryl methyl sites for hydroxylation is 1. The first-order valence-corrected chi connectivity index (χ1v) is 10.4. The number of nitrogens with zero attached hydrogens (tertiary/aromatic N) is 4. The molecule has 0 spiro atoms. The quantitative estimate of drug-likeness (QED) is 0.626. The lowest BCUT2D eigenvalue weighted by molar-refractivity contribution is -0.136. The van der Waals surface area contributed by atoms with E-state index >= 15 is 0 Å². The summed E-state index contributed by atoms with van der Waals surface area (Å²) in [5.74, 6) is -1.61. The van der Waals surface area contributed by atoms with Crippen molar-refractivity contribution in [2.75, 3.05) is 0 Å². The molecule has 1 atom stereocenters. The molecule has 1 N–H and O–H groups in total. The number of fused-ring (bicyclic) bond motifs is 1. The molecule has 2 aliphatic rings. The number of aromatic nitrogens is 2. The fourth-order valence-electron chi connectivity index (χ4n) is 4.49. The first-order valence-electron chi connectivity index (χ1n) is 10.4. The Bertz CT molecular complexity index is 1390. The highest BCUT2D eigenvalue weighted by Gasteiger charge is 2.39. The van der Waals surface area contributed by atoms with Crippen LogP contribution in [-0.4, -0.2) is 38.4 Å². The number of rotatable bonds is 3. The van der Waals surface area contributed by atoms with Crippen LogP contribution in [-0.2, 0) is 23.2 Å². The third-order valence-electron chi connectivity index (χ3n) is 6.13. The van der Waals surface area contributed by atoms with E-state index in [4.69, 9.17) is 0 Å². The fourth-order valence-corrected chi connectivity index (χ4v) is 4.49. The molecule has 2 aliphatic heterocycles. The minimum absolute atomic E-state index is 0.0564. The Labute approximate surface area is 188 Å². The first-order chi connectivity index (χ1) is 15.9. The van der Waals surface area contributed by atoms with E-state index in [-0.39, 0.29) is 30.3 Å². The molecule has 9 heteroatoms. The summed E-state index contributed by atoms with van der Waals surface area (Å²) >= 11 is 0. The lowest BCUT2D eigenvalue weighted by Gasteiger charge is -2.29. The van der Waals surface area contributed by atoms with Crippen molar-refractivity contribution in [3.05, 3.63) is 65.1 Å². The lowest BCUT2D eigenvalue weighted by Crippen LogP contribution is -2.52. The largest absolute Gasteiger partial charge is 0.322 e. The molecule has 3 aromatic rings. The Hall–Kier alpha value is -4.32. The molecule has 0 aliphatic carbocycles. The predicted octanol–water partition coefficient (Wildman–Crippen LogP) is 2.53. The van der Waals surface area contributed by atoms with Crippen molar-refractivity contribution in [1.82, 2.24) is 20.0 Å². The zero-order valence-corrected chi connectivity index (χ0v) is 17.6. The van der Waals surface area contributed by atoms with Crippen LogP contribution in [0.4, 0.5) is 4.39 Å². The number of benzene rings is 2. The van der Waals surface area contributed by atoms with Crippen molar-refractivity contribution in [3.8, 4) is 28.5 Å². The van der Waals surface area contributed by atoms with Crippen molar-refractivity contribution in [2.24, 2.45) is 7.05 Å². The predicted molar refractivity (Wildman–Crippen MR) is 115 cm³/mol. The molecule has 1 aromatic heterocycles. The van der Waals surface area contributed by atoms with Gasteiger partial charge in [-0.25, -0.2) is 4.39 Å². The normalized spacial score (nSPS) is 17.7. The van der Waals surface area contributed by atoms with Crippen LogP contribution in [0.3, 0.4) is 0 Å². The molecule has 0 bridgehead atoms. The minimum Gasteiger partial charge on any atom is -0.322 e. The van der Waals surface area contributed by atoms with Gasteiger partial charge in [-0.3, -0.25) is 24.4 Å². The van der Waals surface area contributed by atoms with Gasteiger partial charge in [-0.05, 0) is 47.9 Å². The molecule has 3 amide bonds. The number of piperidine rings is 1. The van der Waals surface area contributed by atoms with Crippen molar-refractivity contribution < 1.29 is 18.8 Å². The zero-order chi connectivity index (χ0) is 23.3. The summed E-state index contributed by atoms with van der Waals surface area (Å²) in [6, 6.07) is 10.9. The maximum absolute atomic E-state index is 13.8. The highest BCUT2D eigenvalue weighted by atomic mass is 19.1. The number of hydrogen-bond donors (Lipinski definition) is 1. The van der Waals surface area contributed by atoms with E-state index in [0.29, 0.717) is 23.2 Å². The van der Waals surface area contributed by atoms with E-state index in [1.807, 2.05) is 12.1 Å². The number of imide groups is 1. The summed E-state index contributed by atoms with van der Waals surface area (Å²) in [6.45, 7) is 0.263. The van der Waals surface area contributed by atoms with Crippen molar-refractivity contribution >= 4 is 17.7 Å². The SMILES string of the molecule is Cn1ncc(-c2ccc3c(c2)CN(C2CCC(=O)NC2=O)C3=O)c1-c1ccc(F)c(C#N)c1. The van der Waals surface area contributed by atoms with Gasteiger partial charge >= 0.3 is 0 Å². The van der Waals surface area contributed by atoms with Crippen molar-refractivity contribution in [2.45, 2.75) is 25.4 Å². The van der Waals surface area contributed by atoms with Gasteiger partial charge < -0.3 is 4.90 Å². The Morgan fingerprint density at radius 1 is 1.12 bits per heavy atom. The summed E-state index contributed by atoms with van der Waals surface area (Å²) in [6.07, 6.45) is 2.18. The van der Waals surface area contributed by atoms with Crippen LogP contribution < -0.4 is 5.32 Å². The Balaban J connectivity index is 1.51. The monoisotopic (exact) mass is 443 g/mol. The number of nitrogens with one attached hydrogen (secondary N) is 1. The molecule has 33 heavy (non-hydrogen) atoms. The maximum atomic E-state index is 13.8. The molecular formula is C24H18FN5O3. The summed E-state index contributed by atoms with van der Waals surface area (Å²) < 4.78 is 15.5. The van der Waals surface area contributed by atoms with Gasteiger partial charge in [-0.2, -0.15) is 10.4 Å². The lowest BCUT2D eigenvalue weighted by atomic mass is 9.97. The van der Waals surface area contributed by atoms with Gasteiger partial charge in [-0.1, -0.05) is 6.07 Å². The second-order valence-electron chi connectivity index (χ2n) is 8.11. The van der Waals surface area contributed by atoms with Crippen LogP contribution in [0.25, 0.3) is 22.4 Å². The first kappa shape index (κ1) is 20.6. The standard InChI is InChI=1S/C24H18FN5O3/c1-29-22(14-3-5-19(25)15(9-14)10-26)18(11-27-29)13-2-4-17-16(8-13)12-30(24(17)33)20-6-7-21(31)28-23(20)32/h2-5,8-9,11,20H,6-7,12H2,1H3,(H,28,31,32). The van der Waals surface area contributed by atoms with E-state index in [9.17, 15) is 24.0 Å². The summed E-state index contributed by atoms with van der Waals surface area (Å²) in [5.41, 5.74) is 4.15. The summed E-state index contributed by atoms with van der Waals surface area (Å²) in [4.78, 5) is 38.2. The second kappa shape index (κ2) is 7.67. The van der Waals surface area contributed by atoms with Gasteiger partial charge in [0.25, 0.3) is 5.91 Å². The fraction of sp³-hybridized carbons (Fsp3) is 0.208. The highest BCUT2D eigenvalue weighted by molar-refractivity contribution is 6.05. The Morgan fingerprint density at radius 3 is 2.67 bits per heavy atom. The van der Waals surface area contributed by atoms with Gasteiger partial charge in [0.1, 0.15) is 17.9 Å². The second-order valence-corrected chi connectivity index (χ2v) is 8.11. The molecule has 0 saturated carbocycles. The van der Waals surface area contributed by atoms with Crippen molar-refractivity contribution in [3.63, 3.8) is 0 Å². The molecule has 1 unspecified atom stereocenters. The van der Waals surface area contributed by atoms with Gasteiger partial charge in [0.2, 0.25) is 11.8 Å². The Morgan fingerprint density at radius 2 is 1.91 bits per heavy atom. The number of amides is 3. The Kier molecular flexibility index (Phi) is 4.78. The number of halogens is 1.